The summed E-state index contributed by atoms with van der Waals surface area (Å²) in [5.41, 5.74) is 3.71. The lowest BCUT2D eigenvalue weighted by molar-refractivity contribution is 0.104. The highest BCUT2D eigenvalue weighted by molar-refractivity contribution is 6.08. The van der Waals surface area contributed by atoms with Crippen LogP contribution in [0.2, 0.25) is 0 Å². The van der Waals surface area contributed by atoms with Gasteiger partial charge in [-0.25, -0.2) is 0 Å². The van der Waals surface area contributed by atoms with E-state index in [-0.39, 0.29) is 11.2 Å². The van der Waals surface area contributed by atoms with Crippen LogP contribution in [0.5, 0.6) is 11.5 Å². The van der Waals surface area contributed by atoms with Gasteiger partial charge in [0.1, 0.15) is 11.5 Å². The van der Waals surface area contributed by atoms with Crippen LogP contribution in [-0.4, -0.2) is 12.3 Å². The molecular weight excluding hydrogens is 406 g/mol. The highest BCUT2D eigenvalue weighted by Crippen LogP contribution is 2.50. The monoisotopic (exact) mass is 433 g/mol. The average molecular weight is 434 g/mol. The Bertz CT molecular complexity index is 1370. The smallest absolute Gasteiger partial charge is 0.191 e. The van der Waals surface area contributed by atoms with Crippen molar-refractivity contribution < 1.29 is 9.53 Å². The Morgan fingerprint density at radius 3 is 2.36 bits per heavy atom. The number of benzene rings is 4. The number of carbonyl (C=O) groups excluding carboxylic acids is 1. The zero-order valence-corrected chi connectivity index (χ0v) is 19.2. The minimum Gasteiger partial charge on any atom is -0.457 e. The van der Waals surface area contributed by atoms with Crippen LogP contribution in [0.1, 0.15) is 36.7 Å². The van der Waals surface area contributed by atoms with Crippen LogP contribution in [0.15, 0.2) is 103 Å². The predicted octanol–water partition coefficient (Wildman–Crippen LogP) is 7.52. The first-order chi connectivity index (χ1) is 16.0. The number of para-hydroxylation sites is 2. The molecular formula is C30H27NO2. The van der Waals surface area contributed by atoms with Crippen LogP contribution in [0, 0.1) is 0 Å². The number of allylic oxidation sites excluding steroid dienone is 2. The van der Waals surface area contributed by atoms with Crippen LogP contribution in [-0.2, 0) is 5.41 Å². The lowest BCUT2D eigenvalue weighted by Gasteiger charge is -2.26. The second-order valence-corrected chi connectivity index (χ2v) is 8.86. The van der Waals surface area contributed by atoms with Gasteiger partial charge in [-0.1, -0.05) is 74.5 Å². The van der Waals surface area contributed by atoms with E-state index in [2.05, 4.69) is 62.1 Å². The van der Waals surface area contributed by atoms with Gasteiger partial charge in [-0.05, 0) is 53.6 Å². The van der Waals surface area contributed by atoms with Crippen molar-refractivity contribution in [1.29, 1.82) is 0 Å². The maximum atomic E-state index is 13.6. The fourth-order valence-electron chi connectivity index (χ4n) is 4.91. The lowest BCUT2D eigenvalue weighted by atomic mass is 9.80. The summed E-state index contributed by atoms with van der Waals surface area (Å²) >= 11 is 0. The van der Waals surface area contributed by atoms with Crippen molar-refractivity contribution in [3.8, 4) is 11.5 Å². The normalized spacial score (nSPS) is 15.6. The van der Waals surface area contributed by atoms with Gasteiger partial charge < -0.3 is 9.64 Å². The lowest BCUT2D eigenvalue weighted by Crippen LogP contribution is -2.27. The molecule has 0 N–H and O–H groups in total. The fraction of sp³-hybridized carbons (Fsp3) is 0.167. The maximum Gasteiger partial charge on any atom is 0.191 e. The molecule has 4 aromatic rings. The third-order valence-corrected chi connectivity index (χ3v) is 6.46. The fourth-order valence-corrected chi connectivity index (χ4v) is 4.91. The highest BCUT2D eigenvalue weighted by atomic mass is 16.5. The highest BCUT2D eigenvalue weighted by Gasteiger charge is 2.41. The molecule has 4 aromatic carbocycles. The second-order valence-electron chi connectivity index (χ2n) is 8.86. The van der Waals surface area contributed by atoms with Gasteiger partial charge >= 0.3 is 0 Å². The van der Waals surface area contributed by atoms with Crippen molar-refractivity contribution in [2.24, 2.45) is 0 Å². The molecule has 5 rings (SSSR count). The number of ether oxygens (including phenoxy) is 1. The molecule has 164 valence electrons. The summed E-state index contributed by atoms with van der Waals surface area (Å²) < 4.78 is 6.06. The number of hydrogen-bond acceptors (Lipinski definition) is 3. The number of carbonyl (C=O) groups is 1. The van der Waals surface area contributed by atoms with E-state index in [9.17, 15) is 4.79 Å². The third kappa shape index (κ3) is 3.60. The molecule has 0 spiro atoms. The Hall–Kier alpha value is -3.85. The summed E-state index contributed by atoms with van der Waals surface area (Å²) in [7, 11) is 0. The van der Waals surface area contributed by atoms with Crippen molar-refractivity contribution in [2.45, 2.75) is 26.2 Å². The number of likely N-dealkylation sites (N-methyl/N-ethyl adjacent to an activating group) is 1. The zero-order valence-electron chi connectivity index (χ0n) is 19.2. The number of fused-ring (bicyclic) bond motifs is 3. The van der Waals surface area contributed by atoms with Gasteiger partial charge in [0.05, 0.1) is 5.56 Å². The number of anilines is 1. The second kappa shape index (κ2) is 8.25. The van der Waals surface area contributed by atoms with E-state index in [1.807, 2.05) is 54.6 Å². The van der Waals surface area contributed by atoms with E-state index < -0.39 is 0 Å². The quantitative estimate of drug-likeness (QED) is 0.241. The Morgan fingerprint density at radius 1 is 0.879 bits per heavy atom. The van der Waals surface area contributed by atoms with E-state index in [0.29, 0.717) is 17.1 Å². The van der Waals surface area contributed by atoms with Gasteiger partial charge in [-0.15, -0.1) is 0 Å². The number of ketones is 1. The van der Waals surface area contributed by atoms with Crippen LogP contribution < -0.4 is 9.64 Å². The van der Waals surface area contributed by atoms with Gasteiger partial charge in [-0.2, -0.15) is 0 Å². The SMILES string of the molecule is CCN1C(=CC(=O)c2ccccc2Oc2ccccc2)C(C)(C)c2c1ccc1ccccc21. The first-order valence-electron chi connectivity index (χ1n) is 11.4. The van der Waals surface area contributed by atoms with Gasteiger partial charge in [0.25, 0.3) is 0 Å². The van der Waals surface area contributed by atoms with E-state index in [1.54, 1.807) is 6.08 Å². The van der Waals surface area contributed by atoms with Crippen molar-refractivity contribution in [1.82, 2.24) is 0 Å². The Morgan fingerprint density at radius 2 is 1.58 bits per heavy atom. The molecule has 0 aromatic heterocycles. The molecule has 3 nitrogen and oxygen atoms in total. The Kier molecular flexibility index (Phi) is 5.26. The van der Waals surface area contributed by atoms with E-state index in [4.69, 9.17) is 4.74 Å². The van der Waals surface area contributed by atoms with E-state index >= 15 is 0 Å². The molecule has 3 heteroatoms. The predicted molar refractivity (Wildman–Crippen MR) is 135 cm³/mol. The number of nitrogens with zero attached hydrogens (tertiary/aromatic N) is 1. The van der Waals surface area contributed by atoms with Crippen molar-refractivity contribution >= 4 is 22.2 Å². The summed E-state index contributed by atoms with van der Waals surface area (Å²) in [5.74, 6) is 1.22. The maximum absolute atomic E-state index is 13.6. The van der Waals surface area contributed by atoms with Crippen LogP contribution in [0.3, 0.4) is 0 Å². The number of rotatable bonds is 5. The summed E-state index contributed by atoms with van der Waals surface area (Å²) in [6.07, 6.45) is 1.80. The minimum absolute atomic E-state index is 0.0554. The van der Waals surface area contributed by atoms with Crippen LogP contribution in [0.25, 0.3) is 10.8 Å². The molecule has 0 bridgehead atoms. The van der Waals surface area contributed by atoms with Crippen molar-refractivity contribution in [3.63, 3.8) is 0 Å². The minimum atomic E-state index is -0.308. The average Bonchev–Trinajstić information content (AvgIpc) is 3.06. The summed E-state index contributed by atoms with van der Waals surface area (Å²) in [5, 5.41) is 2.46. The van der Waals surface area contributed by atoms with Gasteiger partial charge in [0, 0.05) is 29.4 Å². The van der Waals surface area contributed by atoms with E-state index in [0.717, 1.165) is 12.2 Å². The Labute approximate surface area is 194 Å². The van der Waals surface area contributed by atoms with Gasteiger partial charge in [-0.3, -0.25) is 4.79 Å². The first kappa shape index (κ1) is 21.0. The van der Waals surface area contributed by atoms with Crippen LogP contribution >= 0.6 is 0 Å². The first-order valence-corrected chi connectivity index (χ1v) is 11.4. The summed E-state index contributed by atoms with van der Waals surface area (Å²) in [4.78, 5) is 15.9. The zero-order chi connectivity index (χ0) is 23.0. The summed E-state index contributed by atoms with van der Waals surface area (Å²) in [6, 6.07) is 29.8. The molecule has 0 fully saturated rings. The molecule has 1 aliphatic heterocycles. The topological polar surface area (TPSA) is 29.5 Å². The molecule has 0 unspecified atom stereocenters. The molecule has 0 atom stereocenters. The third-order valence-electron chi connectivity index (χ3n) is 6.46. The number of hydrogen-bond donors (Lipinski definition) is 0. The van der Waals surface area contributed by atoms with Gasteiger partial charge in [0.2, 0.25) is 0 Å². The molecule has 0 amide bonds. The van der Waals surface area contributed by atoms with Crippen molar-refractivity contribution in [2.75, 3.05) is 11.4 Å². The molecule has 0 radical (unpaired) electrons. The molecule has 1 aliphatic rings. The molecule has 1 heterocycles. The van der Waals surface area contributed by atoms with Gasteiger partial charge in [0.15, 0.2) is 5.78 Å². The molecule has 33 heavy (non-hydrogen) atoms. The van der Waals surface area contributed by atoms with Crippen molar-refractivity contribution in [3.05, 3.63) is 114 Å². The summed E-state index contributed by atoms with van der Waals surface area (Å²) in [6.45, 7) is 7.33. The molecule has 0 saturated carbocycles. The molecule has 0 saturated heterocycles. The Balaban J connectivity index is 1.58. The van der Waals surface area contributed by atoms with Crippen LogP contribution in [0.4, 0.5) is 5.69 Å². The molecule has 0 aliphatic carbocycles. The standard InChI is InChI=1S/C30H27NO2/c1-4-31-25-19-18-21-12-8-9-15-23(21)29(25)30(2,3)28(31)20-26(32)24-16-10-11-17-27(24)33-22-13-6-5-7-14-22/h5-20H,4H2,1-3H3. The van der Waals surface area contributed by atoms with E-state index in [1.165, 1.54) is 22.0 Å². The largest absolute Gasteiger partial charge is 0.457 e.